The van der Waals surface area contributed by atoms with Gasteiger partial charge < -0.3 is 20.5 Å². The molecule has 6 nitrogen and oxygen atoms in total. The molecule has 0 fully saturated rings. The Hall–Kier alpha value is -2.22. The van der Waals surface area contributed by atoms with Crippen molar-refractivity contribution in [2.45, 2.75) is 20.0 Å². The number of nitrogens with one attached hydrogen (secondary N) is 2. The molecule has 1 unspecified atom stereocenters. The Morgan fingerprint density at radius 2 is 2.00 bits per heavy atom. The number of halogens is 2. The van der Waals surface area contributed by atoms with Crippen LogP contribution in [0.3, 0.4) is 0 Å². The van der Waals surface area contributed by atoms with E-state index >= 15 is 0 Å². The summed E-state index contributed by atoms with van der Waals surface area (Å²) in [5.74, 6) is -3.83. The maximum Gasteiger partial charge on any atom is 0.338 e. The third-order valence-corrected chi connectivity index (χ3v) is 2.54. The Bertz CT molecular complexity index is 537. The first kappa shape index (κ1) is 16.8. The van der Waals surface area contributed by atoms with Crippen LogP contribution in [0.2, 0.25) is 0 Å². The van der Waals surface area contributed by atoms with Gasteiger partial charge in [-0.25, -0.2) is 18.4 Å². The molecule has 0 heterocycles. The number of amides is 2. The minimum Gasteiger partial charge on any atom is -0.478 e. The van der Waals surface area contributed by atoms with E-state index < -0.39 is 34.9 Å². The lowest BCUT2D eigenvalue weighted by molar-refractivity contribution is 0.0691. The van der Waals surface area contributed by atoms with Crippen molar-refractivity contribution in [3.05, 3.63) is 29.3 Å². The first-order valence-electron chi connectivity index (χ1n) is 6.24. The number of carbonyl (C=O) groups excluding carboxylic acids is 1. The Kier molecular flexibility index (Phi) is 6.04. The number of carbonyl (C=O) groups is 2. The van der Waals surface area contributed by atoms with Crippen LogP contribution >= 0.6 is 0 Å². The second-order valence-corrected chi connectivity index (χ2v) is 4.22. The molecular weight excluding hydrogens is 286 g/mol. The van der Waals surface area contributed by atoms with Crippen LogP contribution in [0.25, 0.3) is 0 Å². The van der Waals surface area contributed by atoms with Crippen molar-refractivity contribution < 1.29 is 28.2 Å². The summed E-state index contributed by atoms with van der Waals surface area (Å²) in [4.78, 5) is 22.3. The summed E-state index contributed by atoms with van der Waals surface area (Å²) in [5, 5.41) is 13.3. The van der Waals surface area contributed by atoms with E-state index in [1.165, 1.54) is 0 Å². The maximum absolute atomic E-state index is 13.5. The molecule has 0 bridgehead atoms. The molecule has 3 N–H and O–H groups in total. The number of rotatable bonds is 6. The Morgan fingerprint density at radius 3 is 2.57 bits per heavy atom. The molecule has 1 aromatic carbocycles. The third kappa shape index (κ3) is 4.99. The molecule has 0 saturated carbocycles. The molecule has 21 heavy (non-hydrogen) atoms. The highest BCUT2D eigenvalue weighted by atomic mass is 19.1. The Balaban J connectivity index is 2.72. The van der Waals surface area contributed by atoms with E-state index in [2.05, 4.69) is 10.6 Å². The lowest BCUT2D eigenvalue weighted by Gasteiger charge is -2.13. The molecule has 0 spiro atoms. The van der Waals surface area contributed by atoms with Crippen LogP contribution in [0.1, 0.15) is 24.2 Å². The molecule has 1 aromatic rings. The van der Waals surface area contributed by atoms with Crippen molar-refractivity contribution in [3.63, 3.8) is 0 Å². The minimum absolute atomic E-state index is 0.189. The molecular formula is C13H16F2N2O4. The van der Waals surface area contributed by atoms with Gasteiger partial charge in [-0.05, 0) is 19.9 Å². The predicted octanol–water partition coefficient (Wildman–Crippen LogP) is 2.21. The minimum atomic E-state index is -1.55. The summed E-state index contributed by atoms with van der Waals surface area (Å²) in [5.41, 5.74) is -1.15. The van der Waals surface area contributed by atoms with Crippen molar-refractivity contribution in [1.82, 2.24) is 5.32 Å². The summed E-state index contributed by atoms with van der Waals surface area (Å²) in [7, 11) is 0. The van der Waals surface area contributed by atoms with Gasteiger partial charge in [-0.3, -0.25) is 0 Å². The van der Waals surface area contributed by atoms with Gasteiger partial charge in [-0.15, -0.1) is 0 Å². The Morgan fingerprint density at radius 1 is 1.33 bits per heavy atom. The van der Waals surface area contributed by atoms with Crippen LogP contribution in [0, 0.1) is 11.6 Å². The number of urea groups is 1. The van der Waals surface area contributed by atoms with Crippen LogP contribution < -0.4 is 10.6 Å². The van der Waals surface area contributed by atoms with Crippen molar-refractivity contribution in [3.8, 4) is 0 Å². The average Bonchev–Trinajstić information content (AvgIpc) is 2.39. The van der Waals surface area contributed by atoms with E-state index in [0.717, 1.165) is 6.07 Å². The summed E-state index contributed by atoms with van der Waals surface area (Å²) >= 11 is 0. The lowest BCUT2D eigenvalue weighted by Crippen LogP contribution is -2.35. The average molecular weight is 302 g/mol. The van der Waals surface area contributed by atoms with Gasteiger partial charge in [0.2, 0.25) is 0 Å². The molecule has 0 aliphatic heterocycles. The van der Waals surface area contributed by atoms with E-state index in [4.69, 9.17) is 9.84 Å². The fraction of sp³-hybridized carbons (Fsp3) is 0.385. The zero-order chi connectivity index (χ0) is 16.0. The number of hydrogen-bond donors (Lipinski definition) is 3. The molecule has 1 rings (SSSR count). The highest BCUT2D eigenvalue weighted by Crippen LogP contribution is 2.19. The van der Waals surface area contributed by atoms with Gasteiger partial charge in [0, 0.05) is 19.2 Å². The topological polar surface area (TPSA) is 87.7 Å². The van der Waals surface area contributed by atoms with Gasteiger partial charge in [0.15, 0.2) is 0 Å². The van der Waals surface area contributed by atoms with Gasteiger partial charge in [0.05, 0.1) is 17.4 Å². The van der Waals surface area contributed by atoms with Gasteiger partial charge in [-0.2, -0.15) is 0 Å². The number of aromatic carboxylic acids is 1. The Labute approximate surface area is 120 Å². The molecule has 1 atom stereocenters. The van der Waals surface area contributed by atoms with Crippen molar-refractivity contribution >= 4 is 17.7 Å². The molecule has 116 valence electrons. The van der Waals surface area contributed by atoms with Crippen LogP contribution in [-0.2, 0) is 4.74 Å². The molecule has 0 aliphatic carbocycles. The number of hydrogen-bond acceptors (Lipinski definition) is 3. The summed E-state index contributed by atoms with van der Waals surface area (Å²) in [6, 6.07) is 0.379. The van der Waals surface area contributed by atoms with Gasteiger partial charge in [-0.1, -0.05) is 0 Å². The molecule has 0 saturated heterocycles. The van der Waals surface area contributed by atoms with E-state index in [0.29, 0.717) is 12.7 Å². The second kappa shape index (κ2) is 7.53. The van der Waals surface area contributed by atoms with Crippen LogP contribution in [-0.4, -0.2) is 36.4 Å². The first-order chi connectivity index (χ1) is 9.85. The monoisotopic (exact) mass is 302 g/mol. The van der Waals surface area contributed by atoms with Crippen molar-refractivity contribution in [2.24, 2.45) is 0 Å². The molecule has 0 aromatic heterocycles. The highest BCUT2D eigenvalue weighted by Gasteiger charge is 2.16. The van der Waals surface area contributed by atoms with E-state index in [9.17, 15) is 18.4 Å². The smallest absolute Gasteiger partial charge is 0.338 e. The van der Waals surface area contributed by atoms with Gasteiger partial charge in [0.25, 0.3) is 0 Å². The highest BCUT2D eigenvalue weighted by molar-refractivity contribution is 5.93. The summed E-state index contributed by atoms with van der Waals surface area (Å²) < 4.78 is 31.9. The molecule has 2 amide bonds. The normalized spacial score (nSPS) is 11.8. The fourth-order valence-electron chi connectivity index (χ4n) is 1.56. The molecule has 0 aliphatic rings. The molecule has 0 radical (unpaired) electrons. The quantitative estimate of drug-likeness (QED) is 0.752. The van der Waals surface area contributed by atoms with Crippen molar-refractivity contribution in [2.75, 3.05) is 18.5 Å². The number of carboxylic acids is 1. The zero-order valence-corrected chi connectivity index (χ0v) is 11.6. The maximum atomic E-state index is 13.5. The van der Waals surface area contributed by atoms with Gasteiger partial charge in [0.1, 0.15) is 11.6 Å². The summed E-state index contributed by atoms with van der Waals surface area (Å²) in [6.07, 6.45) is -0.228. The number of benzene rings is 1. The standard InChI is InChI=1S/C13H16F2N2O4/c1-3-21-7(2)6-16-13(20)17-11-4-8(12(18)19)9(14)5-10(11)15/h4-5,7H,3,6H2,1-2H3,(H,18,19)(H2,16,17,20). The number of carboxylic acid groups (broad SMARTS) is 1. The van der Waals surface area contributed by atoms with Crippen molar-refractivity contribution in [1.29, 1.82) is 0 Å². The predicted molar refractivity (Wildman–Crippen MR) is 71.4 cm³/mol. The lowest BCUT2D eigenvalue weighted by atomic mass is 10.2. The number of ether oxygens (including phenoxy) is 1. The zero-order valence-electron chi connectivity index (χ0n) is 11.6. The summed E-state index contributed by atoms with van der Waals surface area (Å²) in [6.45, 7) is 4.22. The largest absolute Gasteiger partial charge is 0.478 e. The van der Waals surface area contributed by atoms with E-state index in [-0.39, 0.29) is 12.6 Å². The third-order valence-electron chi connectivity index (χ3n) is 2.54. The van der Waals surface area contributed by atoms with E-state index in [1.54, 1.807) is 13.8 Å². The van der Waals surface area contributed by atoms with Crippen LogP contribution in [0.5, 0.6) is 0 Å². The molecule has 8 heteroatoms. The van der Waals surface area contributed by atoms with Gasteiger partial charge >= 0.3 is 12.0 Å². The van der Waals surface area contributed by atoms with E-state index in [1.807, 2.05) is 0 Å². The number of anilines is 1. The van der Waals surface area contributed by atoms with Crippen LogP contribution in [0.15, 0.2) is 12.1 Å². The second-order valence-electron chi connectivity index (χ2n) is 4.22. The van der Waals surface area contributed by atoms with Crippen LogP contribution in [0.4, 0.5) is 19.3 Å². The first-order valence-corrected chi connectivity index (χ1v) is 6.24. The SMILES string of the molecule is CCOC(C)CNC(=O)Nc1cc(C(=O)O)c(F)cc1F. The fourth-order valence-corrected chi connectivity index (χ4v) is 1.56.